The minimum absolute atomic E-state index is 0.0820. The highest BCUT2D eigenvalue weighted by Gasteiger charge is 2.64. The average molecular weight is 533 g/mol. The first-order valence-electron chi connectivity index (χ1n) is 11.8. The Morgan fingerprint density at radius 1 is 0.892 bits per heavy atom. The molecule has 2 fully saturated rings. The SMILES string of the molecule is O=C(c1ccc2c(c1)OCO2)[C@@H]1[C@@H]2C(=O)N(c3ccc(Cl)cc3Cl)C(=O)[C@@H]2[C@H]2c3ccccc3C=CN12. The lowest BCUT2D eigenvalue weighted by molar-refractivity contribution is -0.123. The first kappa shape index (κ1) is 22.4. The molecule has 37 heavy (non-hydrogen) atoms. The number of hydrogen-bond donors (Lipinski definition) is 0. The molecule has 0 radical (unpaired) electrons. The van der Waals surface area contributed by atoms with Crippen LogP contribution in [-0.4, -0.2) is 35.3 Å². The van der Waals surface area contributed by atoms with Crippen molar-refractivity contribution < 1.29 is 23.9 Å². The van der Waals surface area contributed by atoms with Crippen LogP contribution in [-0.2, 0) is 9.59 Å². The maximum Gasteiger partial charge on any atom is 0.240 e. The van der Waals surface area contributed by atoms with E-state index in [0.717, 1.165) is 16.0 Å². The van der Waals surface area contributed by atoms with Gasteiger partial charge in [-0.15, -0.1) is 0 Å². The van der Waals surface area contributed by atoms with Gasteiger partial charge in [0.15, 0.2) is 17.3 Å². The highest BCUT2D eigenvalue weighted by molar-refractivity contribution is 6.38. The van der Waals surface area contributed by atoms with Crippen LogP contribution in [0.5, 0.6) is 11.5 Å². The molecule has 4 heterocycles. The molecule has 4 atom stereocenters. The monoisotopic (exact) mass is 532 g/mol. The van der Waals surface area contributed by atoms with Gasteiger partial charge in [0.25, 0.3) is 0 Å². The van der Waals surface area contributed by atoms with Gasteiger partial charge in [0, 0.05) is 16.8 Å². The van der Waals surface area contributed by atoms with Crippen molar-refractivity contribution in [3.63, 3.8) is 0 Å². The molecule has 0 spiro atoms. The van der Waals surface area contributed by atoms with Crippen LogP contribution in [0.15, 0.2) is 66.9 Å². The molecule has 3 aromatic rings. The fourth-order valence-electron chi connectivity index (χ4n) is 5.98. The third-order valence-corrected chi connectivity index (χ3v) is 8.08. The van der Waals surface area contributed by atoms with Gasteiger partial charge in [0.1, 0.15) is 6.04 Å². The van der Waals surface area contributed by atoms with Crippen LogP contribution in [0.1, 0.15) is 27.5 Å². The summed E-state index contributed by atoms with van der Waals surface area (Å²) in [5, 5.41) is 0.579. The standard InChI is InChI=1S/C28H18Cl2N2O5/c29-16-6-7-19(18(30)12-16)32-27(34)22-23(28(32)35)25(26(33)15-5-8-20-21(11-15)37-13-36-20)31-10-9-14-3-1-2-4-17(14)24(22)31/h1-12,22-25H,13H2/t22-,23+,24+,25-/m0/s1. The third-order valence-electron chi connectivity index (χ3n) is 7.54. The van der Waals surface area contributed by atoms with E-state index in [9.17, 15) is 14.4 Å². The molecule has 0 saturated carbocycles. The van der Waals surface area contributed by atoms with Crippen molar-refractivity contribution in [3.05, 3.63) is 93.6 Å². The van der Waals surface area contributed by atoms with E-state index >= 15 is 0 Å². The fourth-order valence-corrected chi connectivity index (χ4v) is 6.47. The highest BCUT2D eigenvalue weighted by atomic mass is 35.5. The minimum Gasteiger partial charge on any atom is -0.454 e. The molecular weight excluding hydrogens is 515 g/mol. The van der Waals surface area contributed by atoms with Gasteiger partial charge in [-0.3, -0.25) is 14.4 Å². The number of imide groups is 1. The molecule has 0 N–H and O–H groups in total. The van der Waals surface area contributed by atoms with Crippen molar-refractivity contribution >= 4 is 52.6 Å². The number of benzene rings is 3. The van der Waals surface area contributed by atoms with E-state index in [4.69, 9.17) is 32.7 Å². The summed E-state index contributed by atoms with van der Waals surface area (Å²) >= 11 is 12.5. The molecular formula is C28H18Cl2N2O5. The van der Waals surface area contributed by atoms with Gasteiger partial charge in [-0.25, -0.2) is 4.90 Å². The van der Waals surface area contributed by atoms with Gasteiger partial charge in [-0.05, 0) is 53.6 Å². The zero-order valence-corrected chi connectivity index (χ0v) is 20.6. The molecule has 2 amide bonds. The summed E-state index contributed by atoms with van der Waals surface area (Å²) in [7, 11) is 0. The largest absolute Gasteiger partial charge is 0.454 e. The number of ether oxygens (including phenoxy) is 2. The number of nitrogens with zero attached hydrogens (tertiary/aromatic N) is 2. The molecule has 0 bridgehead atoms. The number of rotatable bonds is 3. The second-order valence-corrected chi connectivity index (χ2v) is 10.2. The molecule has 7 nitrogen and oxygen atoms in total. The summed E-state index contributed by atoms with van der Waals surface area (Å²) in [6.45, 7) is 0.0820. The van der Waals surface area contributed by atoms with E-state index in [-0.39, 0.29) is 29.2 Å². The maximum atomic E-state index is 14.1. The number of carbonyl (C=O) groups excluding carboxylic acids is 3. The average Bonchev–Trinajstić information content (AvgIpc) is 3.57. The zero-order chi connectivity index (χ0) is 25.4. The fraction of sp³-hybridized carbons (Fsp3) is 0.179. The number of halogens is 2. The van der Waals surface area contributed by atoms with E-state index in [0.29, 0.717) is 22.1 Å². The van der Waals surface area contributed by atoms with Crippen LogP contribution < -0.4 is 14.4 Å². The number of hydrogen-bond acceptors (Lipinski definition) is 6. The number of ketones is 1. The molecule has 9 heteroatoms. The van der Waals surface area contributed by atoms with Crippen molar-refractivity contribution in [3.8, 4) is 11.5 Å². The number of Topliss-reactive ketones (excluding diaryl/α,β-unsaturated/α-hetero) is 1. The Labute approximate surface area is 221 Å². The van der Waals surface area contributed by atoms with Crippen LogP contribution >= 0.6 is 23.2 Å². The van der Waals surface area contributed by atoms with Crippen LogP contribution in [0.25, 0.3) is 6.08 Å². The summed E-state index contributed by atoms with van der Waals surface area (Å²) in [5.74, 6) is -1.77. The lowest BCUT2D eigenvalue weighted by Gasteiger charge is -2.35. The van der Waals surface area contributed by atoms with Gasteiger partial charge >= 0.3 is 0 Å². The summed E-state index contributed by atoms with van der Waals surface area (Å²) in [6, 6.07) is 15.9. The van der Waals surface area contributed by atoms with Crippen LogP contribution in [0, 0.1) is 11.8 Å². The highest BCUT2D eigenvalue weighted by Crippen LogP contribution is 2.54. The molecule has 4 aliphatic rings. The predicted molar refractivity (Wildman–Crippen MR) is 137 cm³/mol. The van der Waals surface area contributed by atoms with Crippen LogP contribution in [0.4, 0.5) is 5.69 Å². The lowest BCUT2D eigenvalue weighted by atomic mass is 9.83. The number of fused-ring (bicyclic) bond motifs is 6. The normalized spacial score (nSPS) is 24.8. The molecule has 7 rings (SSSR count). The maximum absolute atomic E-state index is 14.1. The Morgan fingerprint density at radius 3 is 2.51 bits per heavy atom. The van der Waals surface area contributed by atoms with E-state index in [1.807, 2.05) is 41.4 Å². The quantitative estimate of drug-likeness (QED) is 0.344. The molecule has 0 aromatic heterocycles. The van der Waals surface area contributed by atoms with E-state index in [2.05, 4.69) is 0 Å². The van der Waals surface area contributed by atoms with Gasteiger partial charge in [-0.2, -0.15) is 0 Å². The van der Waals surface area contributed by atoms with Crippen molar-refractivity contribution in [2.24, 2.45) is 11.8 Å². The second kappa shape index (κ2) is 8.10. The zero-order valence-electron chi connectivity index (χ0n) is 19.1. The topological polar surface area (TPSA) is 76.1 Å². The van der Waals surface area contributed by atoms with Crippen molar-refractivity contribution in [1.82, 2.24) is 4.90 Å². The minimum atomic E-state index is -0.905. The Morgan fingerprint density at radius 2 is 1.68 bits per heavy atom. The molecule has 4 aliphatic heterocycles. The summed E-state index contributed by atoms with van der Waals surface area (Å²) in [4.78, 5) is 45.0. The molecule has 2 saturated heterocycles. The van der Waals surface area contributed by atoms with Crippen molar-refractivity contribution in [2.75, 3.05) is 11.7 Å². The smallest absolute Gasteiger partial charge is 0.240 e. The number of anilines is 1. The summed E-state index contributed by atoms with van der Waals surface area (Å²) in [5.41, 5.74) is 2.48. The Kier molecular flexibility index (Phi) is 4.90. The number of amides is 2. The number of carbonyl (C=O) groups is 3. The van der Waals surface area contributed by atoms with E-state index in [1.165, 1.54) is 6.07 Å². The molecule has 0 unspecified atom stereocenters. The van der Waals surface area contributed by atoms with Gasteiger partial charge < -0.3 is 14.4 Å². The van der Waals surface area contributed by atoms with E-state index in [1.54, 1.807) is 30.3 Å². The molecule has 3 aromatic carbocycles. The van der Waals surface area contributed by atoms with Gasteiger partial charge in [-0.1, -0.05) is 47.5 Å². The summed E-state index contributed by atoms with van der Waals surface area (Å²) in [6.07, 6.45) is 3.73. The first-order valence-corrected chi connectivity index (χ1v) is 12.5. The summed E-state index contributed by atoms with van der Waals surface area (Å²) < 4.78 is 10.9. The van der Waals surface area contributed by atoms with Crippen LogP contribution in [0.2, 0.25) is 10.0 Å². The Bertz CT molecular complexity index is 1550. The van der Waals surface area contributed by atoms with Gasteiger partial charge in [0.05, 0.1) is 28.6 Å². The Balaban J connectivity index is 1.37. The molecule has 0 aliphatic carbocycles. The lowest BCUT2D eigenvalue weighted by Crippen LogP contribution is -2.44. The van der Waals surface area contributed by atoms with Gasteiger partial charge in [0.2, 0.25) is 18.6 Å². The first-order chi connectivity index (χ1) is 17.9. The second-order valence-electron chi connectivity index (χ2n) is 9.37. The van der Waals surface area contributed by atoms with Crippen molar-refractivity contribution in [2.45, 2.75) is 12.1 Å². The predicted octanol–water partition coefficient (Wildman–Crippen LogP) is 5.12. The third kappa shape index (κ3) is 3.17. The van der Waals surface area contributed by atoms with Crippen LogP contribution in [0.3, 0.4) is 0 Å². The Hall–Kier alpha value is -3.81. The van der Waals surface area contributed by atoms with Crippen molar-refractivity contribution in [1.29, 1.82) is 0 Å². The molecule has 184 valence electrons. The van der Waals surface area contributed by atoms with E-state index < -0.39 is 29.8 Å².